The van der Waals surface area contributed by atoms with Gasteiger partial charge in [-0.25, -0.2) is 23.1 Å². The Morgan fingerprint density at radius 1 is 0.937 bits per heavy atom. The summed E-state index contributed by atoms with van der Waals surface area (Å²) in [6.45, 7) is 3.47. The molecule has 5 aliphatic carbocycles. The van der Waals surface area contributed by atoms with E-state index in [1.807, 2.05) is 12.1 Å². The van der Waals surface area contributed by atoms with Gasteiger partial charge in [-0.15, -0.1) is 0 Å². The molecule has 2 aliphatic heterocycles. The van der Waals surface area contributed by atoms with Gasteiger partial charge < -0.3 is 19.9 Å². The Balaban J connectivity index is 0.751. The van der Waals surface area contributed by atoms with Gasteiger partial charge in [-0.1, -0.05) is 30.7 Å². The van der Waals surface area contributed by atoms with E-state index in [0.29, 0.717) is 47.2 Å². The van der Waals surface area contributed by atoms with Crippen molar-refractivity contribution in [2.45, 2.75) is 93.0 Å². The molecule has 1 spiro atoms. The first-order valence-electron chi connectivity index (χ1n) is 22.9. The maximum absolute atomic E-state index is 14.0. The molecule has 5 aromatic rings. The third kappa shape index (κ3) is 6.75. The summed E-state index contributed by atoms with van der Waals surface area (Å²) in [5.41, 5.74) is 4.88. The minimum absolute atomic E-state index is 0.0104. The van der Waals surface area contributed by atoms with Crippen molar-refractivity contribution < 1.29 is 22.9 Å². The number of fused-ring (bicyclic) bond motifs is 3. The van der Waals surface area contributed by atoms with Gasteiger partial charge in [-0.3, -0.25) is 19.8 Å². The molecule has 4 atom stereocenters. The van der Waals surface area contributed by atoms with Gasteiger partial charge in [0.15, 0.2) is 0 Å². The third-order valence-electron chi connectivity index (χ3n) is 16.2. The van der Waals surface area contributed by atoms with Crippen LogP contribution in [0.4, 0.5) is 17.2 Å². The molecule has 1 amide bonds. The molecule has 7 fully saturated rings. The van der Waals surface area contributed by atoms with Crippen molar-refractivity contribution >= 4 is 44.2 Å². The van der Waals surface area contributed by atoms with E-state index >= 15 is 0 Å². The lowest BCUT2D eigenvalue weighted by molar-refractivity contribution is -0.384. The van der Waals surface area contributed by atoms with Gasteiger partial charge >= 0.3 is 5.69 Å². The van der Waals surface area contributed by atoms with Crippen molar-refractivity contribution in [3.63, 3.8) is 0 Å². The Bertz CT molecular complexity index is 2770. The lowest BCUT2D eigenvalue weighted by atomic mass is 9.59. The molecule has 15 heteroatoms. The number of hydrogen-bond acceptors (Lipinski definition) is 11. The molecule has 5 heterocycles. The maximum Gasteiger partial charge on any atom is 0.312 e. The van der Waals surface area contributed by atoms with E-state index in [1.54, 1.807) is 41.7 Å². The molecule has 326 valence electrons. The van der Waals surface area contributed by atoms with Gasteiger partial charge in [0.25, 0.3) is 15.9 Å². The van der Waals surface area contributed by atoms with Crippen LogP contribution in [0.2, 0.25) is 0 Å². The van der Waals surface area contributed by atoms with Crippen LogP contribution >= 0.6 is 0 Å². The second-order valence-corrected chi connectivity index (χ2v) is 21.3. The topological polar surface area (TPSA) is 176 Å². The minimum atomic E-state index is -4.58. The zero-order valence-corrected chi connectivity index (χ0v) is 36.0. The fourth-order valence-electron chi connectivity index (χ4n) is 12.6. The molecule has 2 saturated heterocycles. The van der Waals surface area contributed by atoms with E-state index in [9.17, 15) is 23.3 Å². The Morgan fingerprint density at radius 3 is 2.52 bits per heavy atom. The summed E-state index contributed by atoms with van der Waals surface area (Å²) in [5.74, 6) is 2.91. The largest absolute Gasteiger partial charge is 0.455 e. The summed E-state index contributed by atoms with van der Waals surface area (Å²) in [5, 5.41) is 16.0. The quantitative estimate of drug-likeness (QED) is 0.0765. The number of carbonyl (C=O) groups is 1. The molecule has 2 aromatic carbocycles. The maximum atomic E-state index is 14.0. The number of aromatic nitrogens is 3. The lowest BCUT2D eigenvalue weighted by Crippen LogP contribution is -2.56. The van der Waals surface area contributed by atoms with E-state index in [4.69, 9.17) is 4.74 Å². The summed E-state index contributed by atoms with van der Waals surface area (Å²) in [6, 6.07) is 19.8. The number of hydrogen-bond donors (Lipinski definition) is 3. The zero-order chi connectivity index (χ0) is 42.7. The number of nitrogens with zero attached hydrogens (tertiary/aromatic N) is 5. The summed E-state index contributed by atoms with van der Waals surface area (Å²) < 4.78 is 35.9. The summed E-state index contributed by atoms with van der Waals surface area (Å²) >= 11 is 0. The highest BCUT2D eigenvalue weighted by Crippen LogP contribution is 2.68. The molecule has 3 N–H and O–H groups in total. The van der Waals surface area contributed by atoms with Gasteiger partial charge in [0.2, 0.25) is 5.82 Å². The van der Waals surface area contributed by atoms with E-state index in [-0.39, 0.29) is 22.7 Å². The highest BCUT2D eigenvalue weighted by atomic mass is 32.2. The number of pyridine rings is 2. The summed E-state index contributed by atoms with van der Waals surface area (Å²) in [6.07, 6.45) is 17.8. The number of piperidine rings is 2. The number of likely N-dealkylation sites (tertiary alicyclic amines) is 1. The molecule has 7 aliphatic rings. The molecule has 63 heavy (non-hydrogen) atoms. The smallest absolute Gasteiger partial charge is 0.312 e. The van der Waals surface area contributed by atoms with Crippen molar-refractivity contribution in [3.8, 4) is 11.5 Å². The Kier molecular flexibility index (Phi) is 8.99. The number of nitro groups is 1. The van der Waals surface area contributed by atoms with E-state index < -0.39 is 31.4 Å². The van der Waals surface area contributed by atoms with Crippen LogP contribution in [0.3, 0.4) is 0 Å². The Labute approximate surface area is 366 Å². The Morgan fingerprint density at radius 2 is 1.75 bits per heavy atom. The van der Waals surface area contributed by atoms with Gasteiger partial charge in [0, 0.05) is 60.6 Å². The van der Waals surface area contributed by atoms with Crippen LogP contribution in [0.1, 0.15) is 98.0 Å². The van der Waals surface area contributed by atoms with Crippen molar-refractivity contribution in [2.75, 3.05) is 36.4 Å². The first-order chi connectivity index (χ1) is 30.6. The molecular weight excluding hydrogens is 817 g/mol. The van der Waals surface area contributed by atoms with Crippen molar-refractivity contribution in [1.29, 1.82) is 0 Å². The first-order valence-corrected chi connectivity index (χ1v) is 24.4. The van der Waals surface area contributed by atoms with Crippen LogP contribution in [-0.2, 0) is 15.6 Å². The summed E-state index contributed by atoms with van der Waals surface area (Å²) in [7, 11) is -4.58. The average molecular weight is 869 g/mol. The van der Waals surface area contributed by atoms with Gasteiger partial charge in [0.05, 0.1) is 22.9 Å². The summed E-state index contributed by atoms with van der Waals surface area (Å²) in [4.78, 5) is 41.8. The van der Waals surface area contributed by atoms with E-state index in [2.05, 4.69) is 59.1 Å². The molecule has 0 radical (unpaired) electrons. The number of sulfonamides is 1. The second kappa shape index (κ2) is 14.5. The highest BCUT2D eigenvalue weighted by molar-refractivity contribution is 7.90. The molecule has 5 saturated carbocycles. The Hall–Kier alpha value is -5.54. The zero-order valence-electron chi connectivity index (χ0n) is 35.2. The monoisotopic (exact) mass is 868 g/mol. The molecule has 0 bridgehead atoms. The standard InChI is InChI=1S/C48H52N8O6S/c57-46(53-63(60,61)35-22-42(56(58)59)45(51-27-35)52-28-40-37-5-3-6-38(37)40)39-11-10-32(21-43(39)62-34-20-30-12-16-49-44(30)50-26-34)54-18-14-47(15-19-54)24-33(25-47)55-17-13-31-23-48(31,55)41-7-2-1-4-36(41)29-8-9-29/h1-2,4,7,10-12,16,20-22,26-27,29,31,33,37-38,40H,3,5-6,8-9,13-15,17-19,23-25,28H2,(H,49,50)(H,51,52)(H,53,57)/t31?,37?,38?,40?,48-/m1/s1. The number of H-pyrrole nitrogens is 1. The normalized spacial score (nSPS) is 27.1. The van der Waals surface area contributed by atoms with Crippen LogP contribution in [0, 0.1) is 39.2 Å². The average Bonchev–Trinajstić information content (AvgIpc) is 4.22. The van der Waals surface area contributed by atoms with E-state index in [1.165, 1.54) is 64.3 Å². The first kappa shape index (κ1) is 39.1. The molecular formula is C48H52N8O6S. The van der Waals surface area contributed by atoms with Gasteiger partial charge in [-0.05, 0) is 141 Å². The minimum Gasteiger partial charge on any atom is -0.455 e. The predicted molar refractivity (Wildman–Crippen MR) is 237 cm³/mol. The molecule has 3 unspecified atom stereocenters. The number of anilines is 2. The SMILES string of the molecule is O=C(NS(=O)(=O)c1cnc(NCC2C3CCCC32)c([N+](=O)[O-])c1)c1ccc(N2CCC3(CC2)CC(N2CCC4C[C@]42c2ccccc2C2CC2)C3)cc1Oc1cnc2[nH]ccc2c1. The van der Waals surface area contributed by atoms with Crippen LogP contribution in [0.15, 0.2) is 84.1 Å². The fraction of sp³-hybridized carbons (Fsp3) is 0.479. The molecule has 12 rings (SSSR count). The number of nitrogens with one attached hydrogen (secondary N) is 3. The van der Waals surface area contributed by atoms with Gasteiger partial charge in [0.1, 0.15) is 22.0 Å². The number of rotatable bonds is 13. The van der Waals surface area contributed by atoms with Crippen LogP contribution < -0.4 is 19.7 Å². The third-order valence-corrected chi connectivity index (χ3v) is 17.5. The van der Waals surface area contributed by atoms with E-state index in [0.717, 1.165) is 61.1 Å². The highest BCUT2D eigenvalue weighted by Gasteiger charge is 2.67. The fourth-order valence-corrected chi connectivity index (χ4v) is 13.5. The number of amides is 1. The number of ether oxygens (including phenoxy) is 1. The van der Waals surface area contributed by atoms with Crippen LogP contribution in [-0.4, -0.2) is 71.3 Å². The number of carbonyl (C=O) groups excluding carboxylic acids is 1. The molecule has 14 nitrogen and oxygen atoms in total. The van der Waals surface area contributed by atoms with Crippen molar-refractivity contribution in [1.82, 2.24) is 24.6 Å². The number of benzene rings is 2. The second-order valence-electron chi connectivity index (χ2n) is 19.6. The van der Waals surface area contributed by atoms with Crippen LogP contribution in [0.5, 0.6) is 11.5 Å². The van der Waals surface area contributed by atoms with Crippen molar-refractivity contribution in [3.05, 3.63) is 106 Å². The van der Waals surface area contributed by atoms with Crippen LogP contribution in [0.25, 0.3) is 11.0 Å². The lowest BCUT2D eigenvalue weighted by Gasteiger charge is -2.56. The van der Waals surface area contributed by atoms with Gasteiger partial charge in [-0.2, -0.15) is 0 Å². The number of aromatic amines is 1. The van der Waals surface area contributed by atoms with Crippen molar-refractivity contribution in [2.24, 2.45) is 29.1 Å². The predicted octanol–water partition coefficient (Wildman–Crippen LogP) is 8.48. The molecule has 3 aromatic heterocycles.